The molecule has 0 saturated carbocycles. The molecule has 1 aromatic heterocycles. The third kappa shape index (κ3) is 5.08. The summed E-state index contributed by atoms with van der Waals surface area (Å²) < 4.78 is 0. The largest absolute Gasteiger partial charge is 0.354 e. The quantitative estimate of drug-likeness (QED) is 0.687. The zero-order chi connectivity index (χ0) is 19.0. The van der Waals surface area contributed by atoms with Crippen molar-refractivity contribution >= 4 is 11.8 Å². The molecule has 0 unspecified atom stereocenters. The number of hydrogen-bond donors (Lipinski definition) is 1. The van der Waals surface area contributed by atoms with Crippen LogP contribution in [0.3, 0.4) is 0 Å². The van der Waals surface area contributed by atoms with E-state index >= 15 is 0 Å². The molecule has 0 bridgehead atoms. The Labute approximate surface area is 167 Å². The van der Waals surface area contributed by atoms with E-state index in [4.69, 9.17) is 4.98 Å². The monoisotopic (exact) mass is 373 g/mol. The normalized spacial score (nSPS) is 14.8. The maximum Gasteiger partial charge on any atom is 0.224 e. The van der Waals surface area contributed by atoms with E-state index in [1.54, 1.807) is 0 Å². The van der Waals surface area contributed by atoms with Crippen LogP contribution in [-0.4, -0.2) is 47.6 Å². The molecule has 1 aliphatic rings. The van der Waals surface area contributed by atoms with E-state index in [1.165, 1.54) is 11.1 Å². The van der Waals surface area contributed by atoms with Gasteiger partial charge in [0.05, 0.1) is 0 Å². The van der Waals surface area contributed by atoms with Crippen molar-refractivity contribution in [3.05, 3.63) is 84.1 Å². The van der Waals surface area contributed by atoms with Gasteiger partial charge in [0.25, 0.3) is 0 Å². The van der Waals surface area contributed by atoms with Crippen LogP contribution in [0.25, 0.3) is 0 Å². The topological polar surface area (TPSA) is 44.3 Å². The van der Waals surface area contributed by atoms with E-state index in [-0.39, 0.29) is 0 Å². The first-order valence-corrected chi connectivity index (χ1v) is 9.99. The second-order valence-corrected chi connectivity index (χ2v) is 7.15. The van der Waals surface area contributed by atoms with Crippen LogP contribution in [-0.2, 0) is 13.0 Å². The first-order chi connectivity index (χ1) is 13.9. The Morgan fingerprint density at radius 1 is 0.786 bits per heavy atom. The minimum Gasteiger partial charge on any atom is -0.354 e. The number of nitrogens with zero attached hydrogens (tertiary/aromatic N) is 4. The van der Waals surface area contributed by atoms with Gasteiger partial charge in [0.1, 0.15) is 5.82 Å². The first kappa shape index (κ1) is 18.4. The van der Waals surface area contributed by atoms with Crippen molar-refractivity contribution in [2.24, 2.45) is 0 Å². The predicted molar refractivity (Wildman–Crippen MR) is 115 cm³/mol. The number of hydrogen-bond acceptors (Lipinski definition) is 5. The van der Waals surface area contributed by atoms with Crippen molar-refractivity contribution in [3.8, 4) is 0 Å². The van der Waals surface area contributed by atoms with Crippen molar-refractivity contribution in [3.63, 3.8) is 0 Å². The predicted octanol–water partition coefficient (Wildman–Crippen LogP) is 3.45. The Morgan fingerprint density at radius 3 is 2.18 bits per heavy atom. The average molecular weight is 374 g/mol. The second kappa shape index (κ2) is 9.33. The molecular formula is C23H27N5. The first-order valence-electron chi connectivity index (χ1n) is 9.99. The van der Waals surface area contributed by atoms with Gasteiger partial charge in [-0.1, -0.05) is 60.7 Å². The lowest BCUT2D eigenvalue weighted by molar-refractivity contribution is 0.249. The molecule has 1 N–H and O–H groups in total. The zero-order valence-electron chi connectivity index (χ0n) is 16.2. The highest BCUT2D eigenvalue weighted by Gasteiger charge is 2.18. The Bertz CT molecular complexity index is 845. The summed E-state index contributed by atoms with van der Waals surface area (Å²) in [6, 6.07) is 23.2. The van der Waals surface area contributed by atoms with Crippen LogP contribution in [0.1, 0.15) is 11.1 Å². The van der Waals surface area contributed by atoms with Crippen LogP contribution in [0.5, 0.6) is 0 Å². The number of benzene rings is 2. The van der Waals surface area contributed by atoms with E-state index < -0.39 is 0 Å². The zero-order valence-corrected chi connectivity index (χ0v) is 16.2. The van der Waals surface area contributed by atoms with Crippen LogP contribution in [0, 0.1) is 0 Å². The summed E-state index contributed by atoms with van der Waals surface area (Å²) in [6.45, 7) is 5.94. The Balaban J connectivity index is 1.27. The fourth-order valence-corrected chi connectivity index (χ4v) is 3.55. The minimum atomic E-state index is 0.708. The summed E-state index contributed by atoms with van der Waals surface area (Å²) in [6.07, 6.45) is 2.82. The van der Waals surface area contributed by atoms with Gasteiger partial charge in [0.2, 0.25) is 5.95 Å². The third-order valence-electron chi connectivity index (χ3n) is 5.13. The maximum absolute atomic E-state index is 4.72. The van der Waals surface area contributed by atoms with E-state index in [1.807, 2.05) is 18.3 Å². The molecule has 0 spiro atoms. The minimum absolute atomic E-state index is 0.708. The van der Waals surface area contributed by atoms with E-state index in [0.29, 0.717) is 5.95 Å². The molecule has 1 aliphatic heterocycles. The summed E-state index contributed by atoms with van der Waals surface area (Å²) >= 11 is 0. The molecule has 28 heavy (non-hydrogen) atoms. The summed E-state index contributed by atoms with van der Waals surface area (Å²) in [5.74, 6) is 1.72. The molecule has 144 valence electrons. The lowest BCUT2D eigenvalue weighted by atomic mass is 10.1. The highest BCUT2D eigenvalue weighted by Crippen LogP contribution is 2.16. The Hall–Kier alpha value is -2.92. The van der Waals surface area contributed by atoms with Crippen molar-refractivity contribution in [1.29, 1.82) is 0 Å². The van der Waals surface area contributed by atoms with Gasteiger partial charge in [0.15, 0.2) is 0 Å². The van der Waals surface area contributed by atoms with Crippen molar-refractivity contribution in [2.45, 2.75) is 13.0 Å². The number of rotatable bonds is 7. The van der Waals surface area contributed by atoms with Crippen LogP contribution >= 0.6 is 0 Å². The van der Waals surface area contributed by atoms with Crippen molar-refractivity contribution in [2.75, 3.05) is 42.9 Å². The summed E-state index contributed by atoms with van der Waals surface area (Å²) in [4.78, 5) is 14.0. The highest BCUT2D eigenvalue weighted by atomic mass is 15.3. The molecule has 3 aromatic rings. The molecular weight excluding hydrogens is 346 g/mol. The number of aromatic nitrogens is 2. The highest BCUT2D eigenvalue weighted by molar-refractivity contribution is 5.43. The SMILES string of the molecule is c1ccc(CCNc2nccc(N3CCN(Cc4ccccc4)CC3)n2)cc1. The fourth-order valence-electron chi connectivity index (χ4n) is 3.55. The van der Waals surface area contributed by atoms with Crippen LogP contribution < -0.4 is 10.2 Å². The lowest BCUT2D eigenvalue weighted by Crippen LogP contribution is -2.46. The maximum atomic E-state index is 4.72. The lowest BCUT2D eigenvalue weighted by Gasteiger charge is -2.35. The second-order valence-electron chi connectivity index (χ2n) is 7.15. The van der Waals surface area contributed by atoms with Gasteiger partial charge < -0.3 is 10.2 Å². The molecule has 2 heterocycles. The summed E-state index contributed by atoms with van der Waals surface area (Å²) in [7, 11) is 0. The van der Waals surface area contributed by atoms with E-state index in [2.05, 4.69) is 74.7 Å². The summed E-state index contributed by atoms with van der Waals surface area (Å²) in [5.41, 5.74) is 2.70. The van der Waals surface area contributed by atoms with Gasteiger partial charge >= 0.3 is 0 Å². The Kier molecular flexibility index (Phi) is 6.15. The van der Waals surface area contributed by atoms with Crippen LogP contribution in [0.2, 0.25) is 0 Å². The molecule has 0 amide bonds. The molecule has 0 aliphatic carbocycles. The molecule has 1 saturated heterocycles. The third-order valence-corrected chi connectivity index (χ3v) is 5.13. The molecule has 1 fully saturated rings. The molecule has 5 heteroatoms. The van der Waals surface area contributed by atoms with Gasteiger partial charge in [0, 0.05) is 45.5 Å². The molecule has 2 aromatic carbocycles. The molecule has 0 radical (unpaired) electrons. The fraction of sp³-hybridized carbons (Fsp3) is 0.304. The number of nitrogens with one attached hydrogen (secondary N) is 1. The van der Waals surface area contributed by atoms with Gasteiger partial charge in [-0.3, -0.25) is 4.90 Å². The van der Waals surface area contributed by atoms with Crippen LogP contribution in [0.4, 0.5) is 11.8 Å². The van der Waals surface area contributed by atoms with Gasteiger partial charge in [-0.15, -0.1) is 0 Å². The van der Waals surface area contributed by atoms with Gasteiger partial charge in [-0.25, -0.2) is 4.98 Å². The van der Waals surface area contributed by atoms with Crippen molar-refractivity contribution in [1.82, 2.24) is 14.9 Å². The molecule has 4 rings (SSSR count). The number of anilines is 2. The Morgan fingerprint density at radius 2 is 1.46 bits per heavy atom. The van der Waals surface area contributed by atoms with E-state index in [0.717, 1.165) is 51.5 Å². The smallest absolute Gasteiger partial charge is 0.224 e. The van der Waals surface area contributed by atoms with E-state index in [9.17, 15) is 0 Å². The van der Waals surface area contributed by atoms with Gasteiger partial charge in [-0.2, -0.15) is 4.98 Å². The standard InChI is InChI=1S/C23H27N5/c1-3-7-20(8-4-1)11-13-24-23-25-14-12-22(26-23)28-17-15-27(16-18-28)19-21-9-5-2-6-10-21/h1-10,12,14H,11,13,15-19H2,(H,24,25,26). The van der Waals surface area contributed by atoms with Crippen molar-refractivity contribution < 1.29 is 0 Å². The van der Waals surface area contributed by atoms with Gasteiger partial charge in [-0.05, 0) is 23.6 Å². The number of piperazine rings is 1. The average Bonchev–Trinajstić information content (AvgIpc) is 2.76. The molecule has 5 nitrogen and oxygen atoms in total. The van der Waals surface area contributed by atoms with Crippen LogP contribution in [0.15, 0.2) is 72.9 Å². The molecule has 0 atom stereocenters. The summed E-state index contributed by atoms with van der Waals surface area (Å²) in [5, 5.41) is 3.35.